The van der Waals surface area contributed by atoms with Gasteiger partial charge in [-0.1, -0.05) is 13.8 Å². The van der Waals surface area contributed by atoms with Crippen molar-refractivity contribution >= 4 is 23.0 Å². The van der Waals surface area contributed by atoms with Crippen LogP contribution in [0.15, 0.2) is 18.6 Å². The second kappa shape index (κ2) is 8.04. The van der Waals surface area contributed by atoms with Crippen LogP contribution in [0.3, 0.4) is 0 Å². The van der Waals surface area contributed by atoms with Crippen LogP contribution >= 0.6 is 0 Å². The molecule has 1 fully saturated rings. The van der Waals surface area contributed by atoms with Crippen molar-refractivity contribution in [1.29, 1.82) is 0 Å². The molecular weight excluding hydrogens is 346 g/mol. The minimum Gasteiger partial charge on any atom is -0.468 e. The largest absolute Gasteiger partial charge is 0.468 e. The lowest BCUT2D eigenvalue weighted by atomic mass is 10.2. The Bertz CT molecular complexity index is 832. The predicted molar refractivity (Wildman–Crippen MR) is 101 cm³/mol. The maximum absolute atomic E-state index is 13.0. The van der Waals surface area contributed by atoms with Gasteiger partial charge in [-0.25, -0.2) is 9.97 Å². The van der Waals surface area contributed by atoms with Gasteiger partial charge in [-0.05, 0) is 25.5 Å². The number of amides is 1. The van der Waals surface area contributed by atoms with Crippen molar-refractivity contribution in [3.63, 3.8) is 0 Å². The molecule has 0 aromatic carbocycles. The fourth-order valence-electron chi connectivity index (χ4n) is 3.46. The SMILES string of the molecule is COC(=O)C1CN(C(=O)c2cnc3c(c2)ncn3CC(C)C)CCCN1C. The Kier molecular flexibility index (Phi) is 5.74. The number of likely N-dealkylation sites (N-methyl/N-ethyl adjacent to an activating group) is 1. The Labute approximate surface area is 159 Å². The number of hydrogen-bond donors (Lipinski definition) is 0. The van der Waals surface area contributed by atoms with E-state index in [1.807, 2.05) is 16.5 Å². The van der Waals surface area contributed by atoms with Gasteiger partial charge in [0.15, 0.2) is 5.65 Å². The number of carbonyl (C=O) groups excluding carboxylic acids is 2. The number of methoxy groups -OCH3 is 1. The van der Waals surface area contributed by atoms with E-state index < -0.39 is 6.04 Å². The summed E-state index contributed by atoms with van der Waals surface area (Å²) < 4.78 is 6.90. The molecule has 8 nitrogen and oxygen atoms in total. The summed E-state index contributed by atoms with van der Waals surface area (Å²) in [7, 11) is 3.25. The number of aromatic nitrogens is 3. The highest BCUT2D eigenvalue weighted by atomic mass is 16.5. The molecule has 3 heterocycles. The molecule has 1 aliphatic heterocycles. The first-order valence-corrected chi connectivity index (χ1v) is 9.29. The van der Waals surface area contributed by atoms with Crippen LogP contribution in [-0.4, -0.2) is 76.0 Å². The molecule has 1 saturated heterocycles. The Morgan fingerprint density at radius 1 is 1.30 bits per heavy atom. The number of ether oxygens (including phenoxy) is 1. The standard InChI is InChI=1S/C19H27N5O3/c1-13(2)10-24-12-21-15-8-14(9-20-17(15)24)18(25)23-7-5-6-22(3)16(11-23)19(26)27-4/h8-9,12-13,16H,5-7,10-11H2,1-4H3. The summed E-state index contributed by atoms with van der Waals surface area (Å²) >= 11 is 0. The molecule has 0 radical (unpaired) electrons. The number of hydrogen-bond acceptors (Lipinski definition) is 6. The van der Waals surface area contributed by atoms with Gasteiger partial charge in [-0.15, -0.1) is 0 Å². The summed E-state index contributed by atoms with van der Waals surface area (Å²) in [6.45, 7) is 6.74. The summed E-state index contributed by atoms with van der Waals surface area (Å²) in [6.07, 6.45) is 4.17. The first-order chi connectivity index (χ1) is 12.9. The van der Waals surface area contributed by atoms with Crippen molar-refractivity contribution in [1.82, 2.24) is 24.3 Å². The van der Waals surface area contributed by atoms with Crippen LogP contribution in [0.5, 0.6) is 0 Å². The monoisotopic (exact) mass is 373 g/mol. The zero-order valence-electron chi connectivity index (χ0n) is 16.4. The average Bonchev–Trinajstić information content (AvgIpc) is 2.93. The first kappa shape index (κ1) is 19.3. The van der Waals surface area contributed by atoms with E-state index in [4.69, 9.17) is 4.74 Å². The van der Waals surface area contributed by atoms with Gasteiger partial charge in [0.1, 0.15) is 11.6 Å². The zero-order valence-corrected chi connectivity index (χ0v) is 16.4. The van der Waals surface area contributed by atoms with Crippen molar-refractivity contribution in [3.8, 4) is 0 Å². The van der Waals surface area contributed by atoms with Gasteiger partial charge in [0.25, 0.3) is 5.91 Å². The molecule has 1 aliphatic rings. The highest BCUT2D eigenvalue weighted by molar-refractivity contribution is 5.96. The van der Waals surface area contributed by atoms with Crippen LogP contribution < -0.4 is 0 Å². The molecule has 1 unspecified atom stereocenters. The lowest BCUT2D eigenvalue weighted by molar-refractivity contribution is -0.146. The molecule has 0 spiro atoms. The lowest BCUT2D eigenvalue weighted by Crippen LogP contribution is -2.46. The Morgan fingerprint density at radius 2 is 2.07 bits per heavy atom. The molecule has 27 heavy (non-hydrogen) atoms. The third kappa shape index (κ3) is 4.10. The molecule has 1 atom stereocenters. The number of rotatable bonds is 4. The van der Waals surface area contributed by atoms with Crippen molar-refractivity contribution < 1.29 is 14.3 Å². The van der Waals surface area contributed by atoms with Crippen molar-refractivity contribution in [2.75, 3.05) is 33.8 Å². The van der Waals surface area contributed by atoms with Gasteiger partial charge < -0.3 is 14.2 Å². The molecule has 0 saturated carbocycles. The summed E-state index contributed by atoms with van der Waals surface area (Å²) in [5.74, 6) is 0.0278. The molecule has 146 valence electrons. The zero-order chi connectivity index (χ0) is 19.6. The number of carbonyl (C=O) groups is 2. The van der Waals surface area contributed by atoms with Crippen LogP contribution in [0.2, 0.25) is 0 Å². The average molecular weight is 373 g/mol. The maximum atomic E-state index is 13.0. The van der Waals surface area contributed by atoms with E-state index in [2.05, 4.69) is 23.8 Å². The van der Waals surface area contributed by atoms with E-state index in [0.29, 0.717) is 30.1 Å². The van der Waals surface area contributed by atoms with E-state index in [-0.39, 0.29) is 11.9 Å². The van der Waals surface area contributed by atoms with E-state index in [1.165, 1.54) is 7.11 Å². The molecule has 8 heteroatoms. The van der Waals surface area contributed by atoms with E-state index in [9.17, 15) is 9.59 Å². The Balaban J connectivity index is 1.83. The smallest absolute Gasteiger partial charge is 0.324 e. The molecule has 2 aromatic rings. The van der Waals surface area contributed by atoms with Crippen LogP contribution in [0.1, 0.15) is 30.6 Å². The minimum absolute atomic E-state index is 0.132. The third-order valence-corrected chi connectivity index (χ3v) is 4.89. The lowest BCUT2D eigenvalue weighted by Gasteiger charge is -2.26. The Hall–Kier alpha value is -2.48. The Morgan fingerprint density at radius 3 is 2.78 bits per heavy atom. The number of esters is 1. The highest BCUT2D eigenvalue weighted by Crippen LogP contribution is 2.17. The molecule has 2 aromatic heterocycles. The van der Waals surface area contributed by atoms with Gasteiger partial charge >= 0.3 is 5.97 Å². The van der Waals surface area contributed by atoms with E-state index in [1.54, 1.807) is 23.5 Å². The summed E-state index contributed by atoms with van der Waals surface area (Å²) in [5.41, 5.74) is 1.98. The molecule has 3 rings (SSSR count). The van der Waals surface area contributed by atoms with E-state index >= 15 is 0 Å². The number of nitrogens with zero attached hydrogens (tertiary/aromatic N) is 5. The fraction of sp³-hybridized carbons (Fsp3) is 0.579. The molecule has 1 amide bonds. The van der Waals surface area contributed by atoms with Crippen LogP contribution in [0.4, 0.5) is 0 Å². The number of pyridine rings is 1. The summed E-state index contributed by atoms with van der Waals surface area (Å²) in [4.78, 5) is 37.6. The maximum Gasteiger partial charge on any atom is 0.324 e. The van der Waals surface area contributed by atoms with Crippen LogP contribution in [0, 0.1) is 5.92 Å². The van der Waals surface area contributed by atoms with Gasteiger partial charge in [0.2, 0.25) is 0 Å². The van der Waals surface area contributed by atoms with Gasteiger partial charge in [0, 0.05) is 32.4 Å². The topological polar surface area (TPSA) is 80.6 Å². The van der Waals surface area contributed by atoms with Gasteiger partial charge in [0.05, 0.1) is 19.0 Å². The minimum atomic E-state index is -0.455. The summed E-state index contributed by atoms with van der Waals surface area (Å²) in [5, 5.41) is 0. The molecular formula is C19H27N5O3. The molecule has 0 bridgehead atoms. The van der Waals surface area contributed by atoms with Gasteiger partial charge in [-0.2, -0.15) is 0 Å². The first-order valence-electron chi connectivity index (χ1n) is 9.29. The normalized spacial score (nSPS) is 18.7. The van der Waals surface area contributed by atoms with Crippen LogP contribution in [-0.2, 0) is 16.1 Å². The molecule has 0 N–H and O–H groups in total. The fourth-order valence-corrected chi connectivity index (χ4v) is 3.46. The predicted octanol–water partition coefficient (Wildman–Crippen LogP) is 1.41. The second-order valence-electron chi connectivity index (χ2n) is 7.48. The number of fused-ring (bicyclic) bond motifs is 1. The second-order valence-corrected chi connectivity index (χ2v) is 7.48. The number of imidazole rings is 1. The van der Waals surface area contributed by atoms with Crippen molar-refractivity contribution in [2.45, 2.75) is 32.9 Å². The summed E-state index contributed by atoms with van der Waals surface area (Å²) in [6, 6.07) is 1.33. The van der Waals surface area contributed by atoms with Crippen molar-refractivity contribution in [3.05, 3.63) is 24.2 Å². The highest BCUT2D eigenvalue weighted by Gasteiger charge is 2.31. The third-order valence-electron chi connectivity index (χ3n) is 4.89. The van der Waals surface area contributed by atoms with E-state index in [0.717, 1.165) is 25.2 Å². The quantitative estimate of drug-likeness (QED) is 0.754. The molecule has 0 aliphatic carbocycles. The van der Waals surface area contributed by atoms with Crippen molar-refractivity contribution in [2.24, 2.45) is 5.92 Å². The van der Waals surface area contributed by atoms with Gasteiger partial charge in [-0.3, -0.25) is 14.5 Å². The van der Waals surface area contributed by atoms with Crippen LogP contribution in [0.25, 0.3) is 11.2 Å².